The summed E-state index contributed by atoms with van der Waals surface area (Å²) in [7, 11) is 2.09. The molecule has 0 heterocycles. The van der Waals surface area contributed by atoms with Crippen LogP contribution < -0.4 is 0 Å². The minimum atomic E-state index is -0.0118. The first-order valence-electron chi connectivity index (χ1n) is 6.53. The largest absolute Gasteiger partial charge is 0.396 e. The summed E-state index contributed by atoms with van der Waals surface area (Å²) in [6.07, 6.45) is 2.14. The van der Waals surface area contributed by atoms with E-state index in [1.165, 1.54) is 5.56 Å². The van der Waals surface area contributed by atoms with E-state index in [0.717, 1.165) is 31.0 Å². The molecule has 18 heavy (non-hydrogen) atoms. The Morgan fingerprint density at radius 2 is 2.11 bits per heavy atom. The zero-order valence-corrected chi connectivity index (χ0v) is 12.4. The van der Waals surface area contributed by atoms with Gasteiger partial charge in [0.1, 0.15) is 0 Å². The van der Waals surface area contributed by atoms with Crippen molar-refractivity contribution < 1.29 is 5.11 Å². The molecule has 1 rings (SSSR count). The van der Waals surface area contributed by atoms with E-state index in [9.17, 15) is 5.11 Å². The monoisotopic (exact) mass is 269 g/mol. The maximum Gasteiger partial charge on any atom is 0.0497 e. The van der Waals surface area contributed by atoms with E-state index >= 15 is 0 Å². The van der Waals surface area contributed by atoms with Gasteiger partial charge in [-0.3, -0.25) is 0 Å². The molecule has 1 atom stereocenters. The fourth-order valence-electron chi connectivity index (χ4n) is 2.47. The highest BCUT2D eigenvalue weighted by Crippen LogP contribution is 2.24. The summed E-state index contributed by atoms with van der Waals surface area (Å²) in [5.41, 5.74) is 1.20. The van der Waals surface area contributed by atoms with Crippen LogP contribution in [0.25, 0.3) is 0 Å². The molecule has 0 radical (unpaired) electrons. The van der Waals surface area contributed by atoms with Gasteiger partial charge in [0.25, 0.3) is 0 Å². The zero-order chi connectivity index (χ0) is 13.6. The molecule has 3 heteroatoms. The number of rotatable bonds is 7. The maximum atomic E-state index is 9.53. The van der Waals surface area contributed by atoms with Crippen LogP contribution in [0.15, 0.2) is 24.3 Å². The van der Waals surface area contributed by atoms with E-state index < -0.39 is 0 Å². The highest BCUT2D eigenvalue weighted by atomic mass is 35.5. The van der Waals surface area contributed by atoms with Crippen molar-refractivity contribution in [2.75, 3.05) is 20.2 Å². The molecular weight excluding hydrogens is 246 g/mol. The molecule has 1 N–H and O–H groups in total. The molecule has 0 aliphatic rings. The van der Waals surface area contributed by atoms with Crippen LogP contribution in [-0.4, -0.2) is 30.2 Å². The Bertz CT molecular complexity index is 369. The number of nitrogens with zero attached hydrogens (tertiary/aromatic N) is 1. The summed E-state index contributed by atoms with van der Waals surface area (Å²) in [5, 5.41) is 10.3. The number of halogens is 1. The lowest BCUT2D eigenvalue weighted by Crippen LogP contribution is -2.35. The van der Waals surface area contributed by atoms with Crippen molar-refractivity contribution in [3.8, 4) is 0 Å². The lowest BCUT2D eigenvalue weighted by atomic mass is 9.86. The lowest BCUT2D eigenvalue weighted by molar-refractivity contribution is 0.0878. The minimum absolute atomic E-state index is 0.0118. The second-order valence-electron chi connectivity index (χ2n) is 5.52. The second kappa shape index (κ2) is 7.13. The minimum Gasteiger partial charge on any atom is -0.396 e. The molecule has 1 aromatic rings. The first-order chi connectivity index (χ1) is 8.49. The number of aliphatic hydroxyl groups is 1. The number of hydrogen-bond acceptors (Lipinski definition) is 2. The number of benzene rings is 1. The molecule has 0 aliphatic carbocycles. The van der Waals surface area contributed by atoms with Crippen LogP contribution in [0.1, 0.15) is 32.3 Å². The summed E-state index contributed by atoms with van der Waals surface area (Å²) in [6.45, 7) is 6.29. The third-order valence-electron chi connectivity index (χ3n) is 3.23. The van der Waals surface area contributed by atoms with E-state index in [0.29, 0.717) is 0 Å². The van der Waals surface area contributed by atoms with Crippen molar-refractivity contribution in [2.45, 2.75) is 33.2 Å². The highest BCUT2D eigenvalue weighted by Gasteiger charge is 2.24. The Hall–Kier alpha value is -0.570. The molecule has 0 spiro atoms. The van der Waals surface area contributed by atoms with Crippen molar-refractivity contribution in [1.29, 1.82) is 0 Å². The van der Waals surface area contributed by atoms with Gasteiger partial charge in [0.2, 0.25) is 0 Å². The zero-order valence-electron chi connectivity index (χ0n) is 11.6. The molecule has 0 saturated carbocycles. The van der Waals surface area contributed by atoms with E-state index in [1.54, 1.807) is 0 Å². The van der Waals surface area contributed by atoms with Crippen molar-refractivity contribution in [3.63, 3.8) is 0 Å². The van der Waals surface area contributed by atoms with Gasteiger partial charge in [-0.2, -0.15) is 0 Å². The SMILES string of the molecule is CCCC(C)(CO)CN(C)Cc1cccc(Cl)c1. The van der Waals surface area contributed by atoms with E-state index in [4.69, 9.17) is 11.6 Å². The van der Waals surface area contributed by atoms with Crippen molar-refractivity contribution in [1.82, 2.24) is 4.90 Å². The normalized spacial score (nSPS) is 14.8. The molecule has 0 aromatic heterocycles. The third kappa shape index (κ3) is 4.97. The highest BCUT2D eigenvalue weighted by molar-refractivity contribution is 6.30. The van der Waals surface area contributed by atoms with Gasteiger partial charge >= 0.3 is 0 Å². The Balaban J connectivity index is 2.57. The summed E-state index contributed by atoms with van der Waals surface area (Å²) in [6, 6.07) is 7.94. The fourth-order valence-corrected chi connectivity index (χ4v) is 2.68. The van der Waals surface area contributed by atoms with Crippen LogP contribution in [0.2, 0.25) is 5.02 Å². The second-order valence-corrected chi connectivity index (χ2v) is 5.96. The molecule has 0 aliphatic heterocycles. The van der Waals surface area contributed by atoms with Gasteiger partial charge in [-0.15, -0.1) is 0 Å². The standard InChI is InChI=1S/C15H24ClNO/c1-4-8-15(2,12-18)11-17(3)10-13-6-5-7-14(16)9-13/h5-7,9,18H,4,8,10-12H2,1-3H3. The van der Waals surface area contributed by atoms with Gasteiger partial charge in [0.05, 0.1) is 0 Å². The lowest BCUT2D eigenvalue weighted by Gasteiger charge is -2.32. The molecule has 0 amide bonds. The van der Waals surface area contributed by atoms with Gasteiger partial charge in [-0.05, 0) is 31.2 Å². The summed E-state index contributed by atoms with van der Waals surface area (Å²) < 4.78 is 0. The third-order valence-corrected chi connectivity index (χ3v) is 3.46. The summed E-state index contributed by atoms with van der Waals surface area (Å²) in [5.74, 6) is 0. The van der Waals surface area contributed by atoms with E-state index in [1.807, 2.05) is 18.2 Å². The molecule has 0 bridgehead atoms. The molecular formula is C15H24ClNO. The van der Waals surface area contributed by atoms with Crippen molar-refractivity contribution >= 4 is 11.6 Å². The van der Waals surface area contributed by atoms with Crippen LogP contribution in [0, 0.1) is 5.41 Å². The topological polar surface area (TPSA) is 23.5 Å². The molecule has 1 aromatic carbocycles. The molecule has 102 valence electrons. The molecule has 1 unspecified atom stereocenters. The van der Waals surface area contributed by atoms with Crippen LogP contribution in [0.4, 0.5) is 0 Å². The first-order valence-corrected chi connectivity index (χ1v) is 6.91. The number of hydrogen-bond donors (Lipinski definition) is 1. The average Bonchev–Trinajstić information content (AvgIpc) is 2.29. The smallest absolute Gasteiger partial charge is 0.0497 e. The van der Waals surface area contributed by atoms with Gasteiger partial charge in [0.15, 0.2) is 0 Å². The van der Waals surface area contributed by atoms with Gasteiger partial charge < -0.3 is 10.0 Å². The van der Waals surface area contributed by atoms with Crippen LogP contribution in [0.3, 0.4) is 0 Å². The Morgan fingerprint density at radius 3 is 2.67 bits per heavy atom. The predicted molar refractivity (Wildman–Crippen MR) is 77.9 cm³/mol. The Labute approximate surface area is 116 Å². The summed E-state index contributed by atoms with van der Waals surface area (Å²) in [4.78, 5) is 2.25. The first kappa shape index (κ1) is 15.5. The van der Waals surface area contributed by atoms with Crippen LogP contribution in [0.5, 0.6) is 0 Å². The van der Waals surface area contributed by atoms with E-state index in [2.05, 4.69) is 31.9 Å². The van der Waals surface area contributed by atoms with Gasteiger partial charge in [-0.1, -0.05) is 44.0 Å². The van der Waals surface area contributed by atoms with E-state index in [-0.39, 0.29) is 12.0 Å². The summed E-state index contributed by atoms with van der Waals surface area (Å²) >= 11 is 5.98. The number of aliphatic hydroxyl groups excluding tert-OH is 1. The molecule has 0 fully saturated rings. The fraction of sp³-hybridized carbons (Fsp3) is 0.600. The maximum absolute atomic E-state index is 9.53. The molecule has 0 saturated heterocycles. The Morgan fingerprint density at radius 1 is 1.39 bits per heavy atom. The quantitative estimate of drug-likeness (QED) is 0.818. The van der Waals surface area contributed by atoms with Crippen molar-refractivity contribution in [3.05, 3.63) is 34.9 Å². The Kier molecular flexibility index (Phi) is 6.13. The van der Waals surface area contributed by atoms with Crippen LogP contribution in [-0.2, 0) is 6.54 Å². The predicted octanol–water partition coefficient (Wildman–Crippen LogP) is 3.57. The van der Waals surface area contributed by atoms with Crippen molar-refractivity contribution in [2.24, 2.45) is 5.41 Å². The van der Waals surface area contributed by atoms with Crippen LogP contribution >= 0.6 is 11.6 Å². The van der Waals surface area contributed by atoms with Gasteiger partial charge in [0, 0.05) is 30.1 Å². The van der Waals surface area contributed by atoms with Gasteiger partial charge in [-0.25, -0.2) is 0 Å². The molecule has 2 nitrogen and oxygen atoms in total. The average molecular weight is 270 g/mol.